The number of amides is 1. The lowest BCUT2D eigenvalue weighted by Crippen LogP contribution is -2.56. The Hall–Kier alpha value is -2.32. The van der Waals surface area contributed by atoms with E-state index in [0.717, 1.165) is 57.2 Å². The van der Waals surface area contributed by atoms with Crippen LogP contribution in [0.4, 0.5) is 4.79 Å². The van der Waals surface area contributed by atoms with Gasteiger partial charge < -0.3 is 30.0 Å². The average Bonchev–Trinajstić information content (AvgIpc) is 2.82. The van der Waals surface area contributed by atoms with Gasteiger partial charge in [-0.25, -0.2) is 4.79 Å². The van der Waals surface area contributed by atoms with Crippen molar-refractivity contribution in [2.75, 3.05) is 19.8 Å². The van der Waals surface area contributed by atoms with Gasteiger partial charge in [0.1, 0.15) is 11.4 Å². The van der Waals surface area contributed by atoms with E-state index in [1.165, 1.54) is 5.56 Å². The number of aliphatic carboxylic acids is 1. The third kappa shape index (κ3) is 9.62. The van der Waals surface area contributed by atoms with Crippen LogP contribution in [0, 0.1) is 0 Å². The molecular weight excluding hydrogens is 460 g/mol. The van der Waals surface area contributed by atoms with Crippen molar-refractivity contribution in [1.29, 1.82) is 0 Å². The number of piperidine rings is 1. The number of hydrogen-bond acceptors (Lipinski definition) is 6. The second kappa shape index (κ2) is 13.8. The summed E-state index contributed by atoms with van der Waals surface area (Å²) >= 11 is 0. The molecule has 3 rings (SSSR count). The molecule has 36 heavy (non-hydrogen) atoms. The van der Waals surface area contributed by atoms with Gasteiger partial charge in [-0.15, -0.1) is 0 Å². The maximum Gasteiger partial charge on any atom is 0.407 e. The highest BCUT2D eigenvalue weighted by Gasteiger charge is 2.30. The minimum absolute atomic E-state index is 0.00413. The molecule has 1 aliphatic heterocycles. The predicted octanol–water partition coefficient (Wildman–Crippen LogP) is 5.01. The molecule has 1 aromatic rings. The first kappa shape index (κ1) is 28.3. The first-order chi connectivity index (χ1) is 17.2. The SMILES string of the molecule is CC(C)(C)OC(=O)N[C@@H]1CCCN[C@@H]1COC1CCC(c2ccccc2OCCCCC(=O)O)CC1. The van der Waals surface area contributed by atoms with Crippen molar-refractivity contribution in [3.63, 3.8) is 0 Å². The maximum absolute atomic E-state index is 12.3. The third-order valence-electron chi connectivity index (χ3n) is 6.87. The second-order valence-electron chi connectivity index (χ2n) is 11.0. The van der Waals surface area contributed by atoms with Gasteiger partial charge in [-0.2, -0.15) is 0 Å². The molecule has 0 spiro atoms. The predicted molar refractivity (Wildman–Crippen MR) is 139 cm³/mol. The number of carbonyl (C=O) groups excluding carboxylic acids is 1. The number of unbranched alkanes of at least 4 members (excludes halogenated alkanes) is 1. The van der Waals surface area contributed by atoms with Crippen molar-refractivity contribution >= 4 is 12.1 Å². The van der Waals surface area contributed by atoms with Gasteiger partial charge in [0.25, 0.3) is 0 Å². The normalized spacial score (nSPS) is 24.6. The van der Waals surface area contributed by atoms with Crippen LogP contribution in [0.3, 0.4) is 0 Å². The Balaban J connectivity index is 1.43. The first-order valence-electron chi connectivity index (χ1n) is 13.5. The lowest BCUT2D eigenvalue weighted by Gasteiger charge is -2.36. The van der Waals surface area contributed by atoms with Crippen LogP contribution in [0.1, 0.15) is 90.0 Å². The lowest BCUT2D eigenvalue weighted by atomic mass is 9.82. The number of ether oxygens (including phenoxy) is 3. The van der Waals surface area contributed by atoms with E-state index in [0.29, 0.717) is 25.6 Å². The number of alkyl carbamates (subject to hydrolysis) is 1. The molecule has 0 aromatic heterocycles. The number of carboxylic acid groups (broad SMARTS) is 1. The van der Waals surface area contributed by atoms with Crippen molar-refractivity contribution in [3.8, 4) is 5.75 Å². The van der Waals surface area contributed by atoms with Gasteiger partial charge >= 0.3 is 12.1 Å². The summed E-state index contributed by atoms with van der Waals surface area (Å²) in [5, 5.41) is 15.3. The highest BCUT2D eigenvalue weighted by atomic mass is 16.6. The molecule has 1 heterocycles. The largest absolute Gasteiger partial charge is 0.493 e. The van der Waals surface area contributed by atoms with Gasteiger partial charge in [-0.1, -0.05) is 18.2 Å². The summed E-state index contributed by atoms with van der Waals surface area (Å²) in [4.78, 5) is 22.9. The Bertz CT molecular complexity index is 832. The molecular formula is C28H44N2O6. The zero-order chi connectivity index (χ0) is 26.0. The molecule has 8 nitrogen and oxygen atoms in total. The molecule has 202 valence electrons. The van der Waals surface area contributed by atoms with Gasteiger partial charge in [0.15, 0.2) is 0 Å². The molecule has 2 atom stereocenters. The Labute approximate surface area is 215 Å². The molecule has 3 N–H and O–H groups in total. The van der Waals surface area contributed by atoms with Gasteiger partial charge in [-0.3, -0.25) is 4.79 Å². The number of rotatable bonds is 11. The number of para-hydroxylation sites is 1. The highest BCUT2D eigenvalue weighted by Crippen LogP contribution is 2.38. The second-order valence-corrected chi connectivity index (χ2v) is 11.0. The fraction of sp³-hybridized carbons (Fsp3) is 0.714. The van der Waals surface area contributed by atoms with E-state index in [9.17, 15) is 9.59 Å². The summed E-state index contributed by atoms with van der Waals surface area (Å²) in [6, 6.07) is 8.30. The van der Waals surface area contributed by atoms with E-state index in [2.05, 4.69) is 22.8 Å². The minimum atomic E-state index is -0.761. The van der Waals surface area contributed by atoms with E-state index in [4.69, 9.17) is 19.3 Å². The standard InChI is InChI=1S/C28H44N2O6/c1-28(2,3)36-27(33)30-23-10-8-17-29-24(23)19-35-21-15-13-20(14-16-21)22-9-4-5-11-25(22)34-18-7-6-12-26(31)32/h4-5,9,11,20-21,23-24,29H,6-8,10,12-19H2,1-3H3,(H,30,33)(H,31,32)/t20?,21?,23-,24-/m1/s1. The van der Waals surface area contributed by atoms with Crippen molar-refractivity contribution in [1.82, 2.24) is 10.6 Å². The van der Waals surface area contributed by atoms with Crippen LogP contribution in [0.25, 0.3) is 0 Å². The Kier molecular flexibility index (Phi) is 10.9. The van der Waals surface area contributed by atoms with Gasteiger partial charge in [0.05, 0.1) is 25.4 Å². The van der Waals surface area contributed by atoms with E-state index in [1.54, 1.807) is 0 Å². The molecule has 1 aliphatic carbocycles. The van der Waals surface area contributed by atoms with Crippen LogP contribution >= 0.6 is 0 Å². The quantitative estimate of drug-likeness (QED) is 0.364. The average molecular weight is 505 g/mol. The summed E-state index contributed by atoms with van der Waals surface area (Å²) in [5.74, 6) is 0.595. The monoisotopic (exact) mass is 504 g/mol. The van der Waals surface area contributed by atoms with E-state index in [-0.39, 0.29) is 30.7 Å². The number of nitrogens with one attached hydrogen (secondary N) is 2. The summed E-state index contributed by atoms with van der Waals surface area (Å²) in [5.41, 5.74) is 0.727. The van der Waals surface area contributed by atoms with Gasteiger partial charge in [0.2, 0.25) is 0 Å². The van der Waals surface area contributed by atoms with Crippen LogP contribution in [-0.4, -0.2) is 60.7 Å². The van der Waals surface area contributed by atoms with E-state index >= 15 is 0 Å². The molecule has 0 radical (unpaired) electrons. The van der Waals surface area contributed by atoms with Crippen molar-refractivity contribution in [3.05, 3.63) is 29.8 Å². The van der Waals surface area contributed by atoms with E-state index in [1.807, 2.05) is 32.9 Å². The van der Waals surface area contributed by atoms with E-state index < -0.39 is 11.6 Å². The molecule has 0 bridgehead atoms. The van der Waals surface area contributed by atoms with Gasteiger partial charge in [0, 0.05) is 12.5 Å². The van der Waals surface area contributed by atoms with Crippen LogP contribution < -0.4 is 15.4 Å². The number of carboxylic acids is 1. The molecule has 2 aliphatic rings. The lowest BCUT2D eigenvalue weighted by molar-refractivity contribution is -0.137. The maximum atomic E-state index is 12.3. The number of hydrogen-bond donors (Lipinski definition) is 3. The molecule has 1 amide bonds. The first-order valence-corrected chi connectivity index (χ1v) is 13.5. The zero-order valence-electron chi connectivity index (χ0n) is 22.1. The Morgan fingerprint density at radius 1 is 1.08 bits per heavy atom. The highest BCUT2D eigenvalue weighted by molar-refractivity contribution is 5.68. The summed E-state index contributed by atoms with van der Waals surface area (Å²) < 4.78 is 17.8. The summed E-state index contributed by atoms with van der Waals surface area (Å²) in [6.45, 7) is 7.66. The Morgan fingerprint density at radius 2 is 1.83 bits per heavy atom. The molecule has 0 unspecified atom stereocenters. The summed E-state index contributed by atoms with van der Waals surface area (Å²) in [6.07, 6.45) is 7.41. The van der Waals surface area contributed by atoms with Gasteiger partial charge in [-0.05, 0) is 96.2 Å². The topological polar surface area (TPSA) is 106 Å². The summed E-state index contributed by atoms with van der Waals surface area (Å²) in [7, 11) is 0. The Morgan fingerprint density at radius 3 is 2.56 bits per heavy atom. The fourth-order valence-corrected chi connectivity index (χ4v) is 5.05. The minimum Gasteiger partial charge on any atom is -0.493 e. The molecule has 1 saturated carbocycles. The number of benzene rings is 1. The van der Waals surface area contributed by atoms with Crippen LogP contribution in [0.5, 0.6) is 5.75 Å². The fourth-order valence-electron chi connectivity index (χ4n) is 5.05. The molecule has 1 saturated heterocycles. The van der Waals surface area contributed by atoms with Crippen LogP contribution in [0.2, 0.25) is 0 Å². The molecule has 8 heteroatoms. The zero-order valence-corrected chi connectivity index (χ0v) is 22.1. The van der Waals surface area contributed by atoms with Crippen LogP contribution in [-0.2, 0) is 14.3 Å². The molecule has 1 aromatic carbocycles. The third-order valence-corrected chi connectivity index (χ3v) is 6.87. The van der Waals surface area contributed by atoms with Crippen LogP contribution in [0.15, 0.2) is 24.3 Å². The molecule has 2 fully saturated rings. The smallest absolute Gasteiger partial charge is 0.407 e. The van der Waals surface area contributed by atoms with Crippen molar-refractivity contribution in [2.24, 2.45) is 0 Å². The van der Waals surface area contributed by atoms with Crippen molar-refractivity contribution in [2.45, 2.75) is 108 Å². The number of carbonyl (C=O) groups is 2. The van der Waals surface area contributed by atoms with Crippen molar-refractivity contribution < 1.29 is 28.9 Å².